The fraction of sp³-hybridized carbons (Fsp3) is 0.231. The number of hydrogen-bond donors (Lipinski definition) is 0. The van der Waals surface area contributed by atoms with Crippen LogP contribution in [-0.2, 0) is 13.0 Å². The third-order valence-electron chi connectivity index (χ3n) is 3.01. The smallest absolute Gasteiger partial charge is 0.128 e. The lowest BCUT2D eigenvalue weighted by atomic mass is 10.1. The average Bonchev–Trinajstić information content (AvgIpc) is 2.86. The third kappa shape index (κ3) is 1.90. The second-order valence-electron chi connectivity index (χ2n) is 4.06. The van der Waals surface area contributed by atoms with Gasteiger partial charge in [-0.05, 0) is 35.6 Å². The first-order valence-electron chi connectivity index (χ1n) is 5.53. The molecule has 0 saturated heterocycles. The number of pyridine rings is 1. The van der Waals surface area contributed by atoms with Crippen LogP contribution in [0.4, 0.5) is 5.82 Å². The Morgan fingerprint density at radius 3 is 3.06 bits per heavy atom. The van der Waals surface area contributed by atoms with Crippen molar-refractivity contribution in [1.82, 2.24) is 4.98 Å². The number of hydrogen-bond acceptors (Lipinski definition) is 4. The Hall–Kier alpha value is -1.86. The molecule has 0 fully saturated rings. The maximum absolute atomic E-state index is 8.74. The second kappa shape index (κ2) is 4.19. The molecule has 17 heavy (non-hydrogen) atoms. The van der Waals surface area contributed by atoms with Crippen LogP contribution in [-0.4, -0.2) is 11.5 Å². The summed E-state index contributed by atoms with van der Waals surface area (Å²) in [5.41, 5.74) is 2.02. The second-order valence-corrected chi connectivity index (χ2v) is 5.06. The summed E-state index contributed by atoms with van der Waals surface area (Å²) in [6, 6.07) is 8.03. The van der Waals surface area contributed by atoms with Gasteiger partial charge in [0.05, 0.1) is 5.56 Å². The molecule has 0 radical (unpaired) electrons. The summed E-state index contributed by atoms with van der Waals surface area (Å²) in [4.78, 5) is 8.09. The fourth-order valence-electron chi connectivity index (χ4n) is 2.08. The average molecular weight is 241 g/mol. The Balaban J connectivity index is 1.84. The lowest BCUT2D eigenvalue weighted by Gasteiger charge is -2.27. The molecule has 0 unspecified atom stereocenters. The standard InChI is InChI=1S/C13H11N3S/c14-7-10-1-2-13(15-8-10)16-5-3-12-11(9-16)4-6-17-12/h1-2,4,6,8H,3,5,9H2. The predicted molar refractivity (Wildman–Crippen MR) is 68.0 cm³/mol. The zero-order chi connectivity index (χ0) is 11.7. The van der Waals surface area contributed by atoms with Crippen molar-refractivity contribution < 1.29 is 0 Å². The summed E-state index contributed by atoms with van der Waals surface area (Å²) in [5.74, 6) is 0.959. The van der Waals surface area contributed by atoms with E-state index in [-0.39, 0.29) is 0 Å². The van der Waals surface area contributed by atoms with Gasteiger partial charge in [0, 0.05) is 24.2 Å². The van der Waals surface area contributed by atoms with Crippen LogP contribution in [0.2, 0.25) is 0 Å². The largest absolute Gasteiger partial charge is 0.352 e. The highest BCUT2D eigenvalue weighted by atomic mass is 32.1. The van der Waals surface area contributed by atoms with Gasteiger partial charge in [-0.3, -0.25) is 0 Å². The van der Waals surface area contributed by atoms with Crippen LogP contribution < -0.4 is 4.90 Å². The van der Waals surface area contributed by atoms with Crippen LogP contribution in [0.3, 0.4) is 0 Å². The van der Waals surface area contributed by atoms with Crippen molar-refractivity contribution in [2.24, 2.45) is 0 Å². The lowest BCUT2D eigenvalue weighted by Crippen LogP contribution is -2.29. The molecule has 0 spiro atoms. The minimum atomic E-state index is 0.613. The zero-order valence-electron chi connectivity index (χ0n) is 9.26. The normalized spacial score (nSPS) is 14.2. The lowest BCUT2D eigenvalue weighted by molar-refractivity contribution is 0.732. The molecule has 0 atom stereocenters. The minimum absolute atomic E-state index is 0.613. The van der Waals surface area contributed by atoms with Crippen molar-refractivity contribution in [2.75, 3.05) is 11.4 Å². The van der Waals surface area contributed by atoms with Gasteiger partial charge in [0.2, 0.25) is 0 Å². The molecule has 3 heterocycles. The summed E-state index contributed by atoms with van der Waals surface area (Å²) >= 11 is 1.84. The van der Waals surface area contributed by atoms with E-state index in [1.807, 2.05) is 23.5 Å². The first kappa shape index (κ1) is 10.3. The van der Waals surface area contributed by atoms with Gasteiger partial charge in [0.1, 0.15) is 11.9 Å². The third-order valence-corrected chi connectivity index (χ3v) is 4.03. The summed E-state index contributed by atoms with van der Waals surface area (Å²) in [5, 5.41) is 10.9. The van der Waals surface area contributed by atoms with E-state index < -0.39 is 0 Å². The summed E-state index contributed by atoms with van der Waals surface area (Å²) < 4.78 is 0. The summed E-state index contributed by atoms with van der Waals surface area (Å²) in [6.07, 6.45) is 2.73. The van der Waals surface area contributed by atoms with Crippen molar-refractivity contribution in [3.63, 3.8) is 0 Å². The zero-order valence-corrected chi connectivity index (χ0v) is 10.1. The minimum Gasteiger partial charge on any atom is -0.352 e. The van der Waals surface area contributed by atoms with Crippen molar-refractivity contribution >= 4 is 17.2 Å². The van der Waals surface area contributed by atoms with Gasteiger partial charge in [-0.25, -0.2) is 4.98 Å². The highest BCUT2D eigenvalue weighted by Gasteiger charge is 2.17. The molecule has 0 aromatic carbocycles. The Kier molecular flexibility index (Phi) is 2.54. The Morgan fingerprint density at radius 1 is 1.35 bits per heavy atom. The monoisotopic (exact) mass is 241 g/mol. The van der Waals surface area contributed by atoms with Crippen LogP contribution in [0, 0.1) is 11.3 Å². The Bertz CT molecular complexity index is 565. The molecule has 0 N–H and O–H groups in total. The summed E-state index contributed by atoms with van der Waals surface area (Å²) in [7, 11) is 0. The molecular formula is C13H11N3S. The molecule has 0 saturated carbocycles. The number of thiophene rings is 1. The molecule has 0 aliphatic carbocycles. The van der Waals surface area contributed by atoms with Crippen molar-refractivity contribution in [1.29, 1.82) is 5.26 Å². The first-order chi connectivity index (χ1) is 8.36. The number of anilines is 1. The quantitative estimate of drug-likeness (QED) is 0.770. The molecule has 2 aromatic heterocycles. The van der Waals surface area contributed by atoms with Gasteiger partial charge in [0.15, 0.2) is 0 Å². The molecular weight excluding hydrogens is 230 g/mol. The first-order valence-corrected chi connectivity index (χ1v) is 6.41. The SMILES string of the molecule is N#Cc1ccc(N2CCc3sccc3C2)nc1. The van der Waals surface area contributed by atoms with Gasteiger partial charge in [-0.15, -0.1) is 11.3 Å². The Labute approximate surface area is 104 Å². The molecule has 4 heteroatoms. The summed E-state index contributed by atoms with van der Waals surface area (Å²) in [6.45, 7) is 1.93. The number of fused-ring (bicyclic) bond motifs is 1. The van der Waals surface area contributed by atoms with Crippen LogP contribution >= 0.6 is 11.3 Å². The molecule has 0 bridgehead atoms. The Morgan fingerprint density at radius 2 is 2.29 bits per heavy atom. The number of rotatable bonds is 1. The van der Waals surface area contributed by atoms with E-state index in [1.54, 1.807) is 6.20 Å². The molecule has 1 aliphatic heterocycles. The van der Waals surface area contributed by atoms with Gasteiger partial charge < -0.3 is 4.90 Å². The van der Waals surface area contributed by atoms with Gasteiger partial charge >= 0.3 is 0 Å². The van der Waals surface area contributed by atoms with Crippen LogP contribution in [0.15, 0.2) is 29.8 Å². The fourth-order valence-corrected chi connectivity index (χ4v) is 2.97. The molecule has 3 nitrogen and oxygen atoms in total. The van der Waals surface area contributed by atoms with Crippen LogP contribution in [0.5, 0.6) is 0 Å². The van der Waals surface area contributed by atoms with E-state index >= 15 is 0 Å². The molecule has 84 valence electrons. The number of nitriles is 1. The molecule has 0 amide bonds. The number of nitrogens with zero attached hydrogens (tertiary/aromatic N) is 3. The highest BCUT2D eigenvalue weighted by molar-refractivity contribution is 7.10. The topological polar surface area (TPSA) is 39.9 Å². The van der Waals surface area contributed by atoms with Gasteiger partial charge in [0.25, 0.3) is 0 Å². The van der Waals surface area contributed by atoms with Crippen LogP contribution in [0.25, 0.3) is 0 Å². The maximum Gasteiger partial charge on any atom is 0.128 e. The van der Waals surface area contributed by atoms with Gasteiger partial charge in [-0.1, -0.05) is 0 Å². The maximum atomic E-state index is 8.74. The van der Waals surface area contributed by atoms with Crippen molar-refractivity contribution in [3.8, 4) is 6.07 Å². The molecule has 3 rings (SSSR count). The van der Waals surface area contributed by atoms with E-state index in [0.29, 0.717) is 5.56 Å². The van der Waals surface area contributed by atoms with E-state index in [4.69, 9.17) is 5.26 Å². The highest BCUT2D eigenvalue weighted by Crippen LogP contribution is 2.26. The van der Waals surface area contributed by atoms with E-state index in [9.17, 15) is 0 Å². The van der Waals surface area contributed by atoms with Gasteiger partial charge in [-0.2, -0.15) is 5.26 Å². The van der Waals surface area contributed by atoms with E-state index in [1.165, 1.54) is 10.4 Å². The van der Waals surface area contributed by atoms with Crippen molar-refractivity contribution in [3.05, 3.63) is 45.8 Å². The molecule has 2 aromatic rings. The number of aromatic nitrogens is 1. The molecule has 1 aliphatic rings. The van der Waals surface area contributed by atoms with E-state index in [0.717, 1.165) is 25.3 Å². The van der Waals surface area contributed by atoms with Crippen molar-refractivity contribution in [2.45, 2.75) is 13.0 Å². The van der Waals surface area contributed by atoms with E-state index in [2.05, 4.69) is 27.4 Å². The van der Waals surface area contributed by atoms with Crippen LogP contribution in [0.1, 0.15) is 16.0 Å². The predicted octanol–water partition coefficient (Wildman–Crippen LogP) is 2.58.